The molecular formula is C17H14N6O10S2. The highest BCUT2D eigenvalue weighted by atomic mass is 32.2. The molecule has 0 saturated heterocycles. The van der Waals surface area contributed by atoms with Crippen molar-refractivity contribution in [3.63, 3.8) is 0 Å². The first-order valence-electron chi connectivity index (χ1n) is 8.90. The summed E-state index contributed by atoms with van der Waals surface area (Å²) in [6.07, 6.45) is 0. The van der Waals surface area contributed by atoms with Gasteiger partial charge in [-0.05, 0) is 36.4 Å². The Morgan fingerprint density at radius 1 is 0.771 bits per heavy atom. The molecule has 3 aromatic rings. The standard InChI is InChI=1S/C17H14N6O10S2/c18-15-21-16(19-9-4-7(13(24)25)3-8(5-9)14(26)27)23-17(22-15)20-11-6-10(34(28,29)30)1-2-12(11)35(31,32)33/h1-6H,(H,24,25)(H,26,27)(H,28,29,30)(H,31,32,33)(H4,18,19,20,21,22,23). The molecule has 2 aromatic carbocycles. The number of benzene rings is 2. The van der Waals surface area contributed by atoms with Crippen molar-refractivity contribution in [2.45, 2.75) is 9.79 Å². The first-order valence-corrected chi connectivity index (χ1v) is 11.8. The van der Waals surface area contributed by atoms with Gasteiger partial charge in [-0.2, -0.15) is 31.8 Å². The van der Waals surface area contributed by atoms with Crippen LogP contribution in [0, 0.1) is 0 Å². The van der Waals surface area contributed by atoms with E-state index in [0.29, 0.717) is 12.1 Å². The molecule has 0 saturated carbocycles. The Kier molecular flexibility index (Phi) is 6.56. The van der Waals surface area contributed by atoms with E-state index in [-0.39, 0.29) is 22.8 Å². The van der Waals surface area contributed by atoms with E-state index in [9.17, 15) is 45.7 Å². The summed E-state index contributed by atoms with van der Waals surface area (Å²) in [5, 5.41) is 23.2. The summed E-state index contributed by atoms with van der Waals surface area (Å²) in [5.41, 5.74) is 4.26. The zero-order valence-corrected chi connectivity index (χ0v) is 18.6. The quantitative estimate of drug-likeness (QED) is 0.200. The van der Waals surface area contributed by atoms with Gasteiger partial charge in [0.1, 0.15) is 4.90 Å². The highest BCUT2D eigenvalue weighted by molar-refractivity contribution is 7.86. The van der Waals surface area contributed by atoms with E-state index in [2.05, 4.69) is 25.6 Å². The van der Waals surface area contributed by atoms with Gasteiger partial charge in [0.2, 0.25) is 17.8 Å². The minimum Gasteiger partial charge on any atom is -0.478 e. The molecule has 184 valence electrons. The Morgan fingerprint density at radius 3 is 1.80 bits per heavy atom. The summed E-state index contributed by atoms with van der Waals surface area (Å²) >= 11 is 0. The smallest absolute Gasteiger partial charge is 0.335 e. The average molecular weight is 526 g/mol. The molecule has 8 N–H and O–H groups in total. The van der Waals surface area contributed by atoms with Crippen LogP contribution in [-0.2, 0) is 20.2 Å². The zero-order chi connectivity index (χ0) is 26.1. The molecule has 3 rings (SSSR count). The zero-order valence-electron chi connectivity index (χ0n) is 16.9. The van der Waals surface area contributed by atoms with Gasteiger partial charge < -0.3 is 26.6 Å². The van der Waals surface area contributed by atoms with Crippen molar-refractivity contribution in [2.75, 3.05) is 16.4 Å². The second kappa shape index (κ2) is 9.10. The predicted molar refractivity (Wildman–Crippen MR) is 117 cm³/mol. The number of nitrogens with one attached hydrogen (secondary N) is 2. The van der Waals surface area contributed by atoms with Crippen molar-refractivity contribution in [3.8, 4) is 0 Å². The third kappa shape index (κ3) is 6.14. The molecule has 0 unspecified atom stereocenters. The third-order valence-corrected chi connectivity index (χ3v) is 5.87. The number of anilines is 5. The Labute approximate surface area is 196 Å². The van der Waals surface area contributed by atoms with Crippen LogP contribution in [0.25, 0.3) is 0 Å². The van der Waals surface area contributed by atoms with Gasteiger partial charge in [-0.15, -0.1) is 0 Å². The summed E-state index contributed by atoms with van der Waals surface area (Å²) in [6, 6.07) is 5.19. The molecule has 0 bridgehead atoms. The SMILES string of the molecule is Nc1nc(Nc2cc(C(=O)O)cc(C(=O)O)c2)nc(Nc2cc(S(=O)(=O)O)ccc2S(=O)(=O)O)n1. The van der Waals surface area contributed by atoms with E-state index in [1.54, 1.807) is 0 Å². The number of nitrogens with two attached hydrogens (primary N) is 1. The van der Waals surface area contributed by atoms with Gasteiger partial charge in [0.05, 0.1) is 21.7 Å². The van der Waals surface area contributed by atoms with Crippen molar-refractivity contribution < 1.29 is 45.7 Å². The molecule has 0 aliphatic carbocycles. The van der Waals surface area contributed by atoms with Crippen molar-refractivity contribution in [3.05, 3.63) is 47.5 Å². The van der Waals surface area contributed by atoms with Crippen molar-refractivity contribution in [2.24, 2.45) is 0 Å². The van der Waals surface area contributed by atoms with Crippen LogP contribution in [0.1, 0.15) is 20.7 Å². The van der Waals surface area contributed by atoms with Crippen LogP contribution in [0.2, 0.25) is 0 Å². The number of nitrogens with zero attached hydrogens (tertiary/aromatic N) is 3. The fourth-order valence-corrected chi connectivity index (χ4v) is 3.83. The molecule has 0 aliphatic rings. The minimum absolute atomic E-state index is 0.0640. The third-order valence-electron chi connectivity index (χ3n) is 4.11. The molecule has 16 nitrogen and oxygen atoms in total. The van der Waals surface area contributed by atoms with E-state index in [4.69, 9.17) is 5.73 Å². The molecule has 0 radical (unpaired) electrons. The number of nitrogen functional groups attached to an aromatic ring is 1. The van der Waals surface area contributed by atoms with Crippen molar-refractivity contribution in [1.29, 1.82) is 0 Å². The van der Waals surface area contributed by atoms with Gasteiger partial charge in [0.25, 0.3) is 20.2 Å². The van der Waals surface area contributed by atoms with Gasteiger partial charge in [-0.3, -0.25) is 9.11 Å². The normalized spacial score (nSPS) is 11.6. The number of carboxylic acids is 2. The fourth-order valence-electron chi connectivity index (χ4n) is 2.69. The average Bonchev–Trinajstić information content (AvgIpc) is 2.71. The number of aromatic carboxylic acids is 2. The fraction of sp³-hybridized carbons (Fsp3) is 0. The van der Waals surface area contributed by atoms with Crippen LogP contribution in [0.15, 0.2) is 46.2 Å². The number of hydrogen-bond donors (Lipinski definition) is 7. The molecular weight excluding hydrogens is 512 g/mol. The number of rotatable bonds is 8. The Hall–Kier alpha value is -4.39. The topological polar surface area (TPSA) is 272 Å². The lowest BCUT2D eigenvalue weighted by Crippen LogP contribution is -2.11. The minimum atomic E-state index is -4.88. The van der Waals surface area contributed by atoms with Crippen LogP contribution in [0.4, 0.5) is 29.2 Å². The Morgan fingerprint density at radius 2 is 1.31 bits per heavy atom. The maximum atomic E-state index is 11.7. The Bertz CT molecular complexity index is 1540. The van der Waals surface area contributed by atoms with E-state index in [1.165, 1.54) is 0 Å². The summed E-state index contributed by atoms with van der Waals surface area (Å²) in [4.78, 5) is 32.4. The molecule has 0 aliphatic heterocycles. The van der Waals surface area contributed by atoms with Gasteiger partial charge >= 0.3 is 11.9 Å². The van der Waals surface area contributed by atoms with Crippen LogP contribution in [-0.4, -0.2) is 63.0 Å². The van der Waals surface area contributed by atoms with E-state index in [0.717, 1.165) is 24.3 Å². The molecule has 0 fully saturated rings. The number of hydrogen-bond acceptors (Lipinski definition) is 12. The summed E-state index contributed by atoms with van der Waals surface area (Å²) in [5.74, 6) is -4.09. The van der Waals surface area contributed by atoms with Gasteiger partial charge in [0, 0.05) is 5.69 Å². The second-order valence-corrected chi connectivity index (χ2v) is 9.42. The lowest BCUT2D eigenvalue weighted by molar-refractivity contribution is 0.0696. The molecule has 1 aromatic heterocycles. The summed E-state index contributed by atoms with van der Waals surface area (Å²) in [7, 11) is -9.64. The van der Waals surface area contributed by atoms with E-state index in [1.807, 2.05) is 0 Å². The van der Waals surface area contributed by atoms with Crippen molar-refractivity contribution in [1.82, 2.24) is 15.0 Å². The van der Waals surface area contributed by atoms with Crippen LogP contribution in [0.5, 0.6) is 0 Å². The molecule has 0 atom stereocenters. The lowest BCUT2D eigenvalue weighted by atomic mass is 10.1. The molecule has 1 heterocycles. The molecule has 18 heteroatoms. The molecule has 35 heavy (non-hydrogen) atoms. The lowest BCUT2D eigenvalue weighted by Gasteiger charge is -2.12. The highest BCUT2D eigenvalue weighted by Crippen LogP contribution is 2.28. The largest absolute Gasteiger partial charge is 0.478 e. The second-order valence-electron chi connectivity index (χ2n) is 6.61. The van der Waals surface area contributed by atoms with Crippen LogP contribution in [0.3, 0.4) is 0 Å². The van der Waals surface area contributed by atoms with Crippen molar-refractivity contribution >= 4 is 61.4 Å². The molecule has 0 spiro atoms. The van der Waals surface area contributed by atoms with E-state index >= 15 is 0 Å². The predicted octanol–water partition coefficient (Wildman–Crippen LogP) is 0.831. The van der Waals surface area contributed by atoms with Crippen LogP contribution >= 0.6 is 0 Å². The van der Waals surface area contributed by atoms with E-state index < -0.39 is 59.5 Å². The monoisotopic (exact) mass is 526 g/mol. The van der Waals surface area contributed by atoms with Gasteiger partial charge in [-0.1, -0.05) is 0 Å². The van der Waals surface area contributed by atoms with Crippen LogP contribution < -0.4 is 16.4 Å². The maximum absolute atomic E-state index is 11.7. The van der Waals surface area contributed by atoms with Gasteiger partial charge in [0.15, 0.2) is 0 Å². The number of carboxylic acid groups (broad SMARTS) is 2. The number of carbonyl (C=O) groups is 2. The summed E-state index contributed by atoms with van der Waals surface area (Å²) < 4.78 is 64.8. The summed E-state index contributed by atoms with van der Waals surface area (Å²) in [6.45, 7) is 0. The first-order chi connectivity index (χ1) is 16.1. The van der Waals surface area contributed by atoms with Gasteiger partial charge in [-0.25, -0.2) is 9.59 Å². The first kappa shape index (κ1) is 25.2. The Balaban J connectivity index is 2.05. The molecule has 0 amide bonds. The number of aromatic nitrogens is 3. The highest BCUT2D eigenvalue weighted by Gasteiger charge is 2.21. The maximum Gasteiger partial charge on any atom is 0.335 e.